The van der Waals surface area contributed by atoms with E-state index < -0.39 is 30.0 Å². The Morgan fingerprint density at radius 3 is 2.71 bits per heavy atom. The molecule has 3 aromatic rings. The van der Waals surface area contributed by atoms with E-state index in [1.807, 2.05) is 13.1 Å². The lowest BCUT2D eigenvalue weighted by atomic mass is 10.0. The summed E-state index contributed by atoms with van der Waals surface area (Å²) < 4.78 is 17.2. The summed E-state index contributed by atoms with van der Waals surface area (Å²) in [6.07, 6.45) is 7.65. The lowest BCUT2D eigenvalue weighted by Gasteiger charge is -2.21. The molecule has 3 N–H and O–H groups in total. The number of amides is 2. The maximum absolute atomic E-state index is 13.9. The number of rotatable bonds is 7. The van der Waals surface area contributed by atoms with Gasteiger partial charge in [0.05, 0.1) is 54.3 Å². The number of hydrogen-bond acceptors (Lipinski definition) is 7. The number of aromatic nitrogens is 5. The van der Waals surface area contributed by atoms with Gasteiger partial charge in [0.1, 0.15) is 5.41 Å². The second-order valence-corrected chi connectivity index (χ2v) is 8.85. The van der Waals surface area contributed by atoms with E-state index >= 15 is 0 Å². The Bertz CT molecular complexity index is 1320. The van der Waals surface area contributed by atoms with Gasteiger partial charge >= 0.3 is 0 Å². The predicted molar refractivity (Wildman–Crippen MR) is 119 cm³/mol. The molecule has 176 valence electrons. The Labute approximate surface area is 194 Å². The van der Waals surface area contributed by atoms with Crippen LogP contribution in [0.4, 0.5) is 10.1 Å². The van der Waals surface area contributed by atoms with Crippen molar-refractivity contribution in [3.05, 3.63) is 30.4 Å². The molecule has 2 atom stereocenters. The molecule has 4 heterocycles. The topological polar surface area (TPSA) is 147 Å². The summed E-state index contributed by atoms with van der Waals surface area (Å²) in [4.78, 5) is 31.2. The maximum atomic E-state index is 13.9. The van der Waals surface area contributed by atoms with Gasteiger partial charge in [-0.1, -0.05) is 0 Å². The van der Waals surface area contributed by atoms with E-state index in [9.17, 15) is 19.2 Å². The first kappa shape index (κ1) is 21.8. The summed E-state index contributed by atoms with van der Waals surface area (Å²) in [6.45, 7) is 2.42. The van der Waals surface area contributed by atoms with Crippen molar-refractivity contribution in [2.45, 2.75) is 32.4 Å². The highest BCUT2D eigenvalue weighted by Crippen LogP contribution is 2.47. The van der Waals surface area contributed by atoms with Crippen LogP contribution in [0, 0.1) is 22.7 Å². The van der Waals surface area contributed by atoms with Crippen molar-refractivity contribution < 1.29 is 14.0 Å². The van der Waals surface area contributed by atoms with Crippen molar-refractivity contribution in [2.75, 3.05) is 25.1 Å². The fraction of sp³-hybridized carbons (Fsp3) is 0.455. The van der Waals surface area contributed by atoms with Gasteiger partial charge in [0, 0.05) is 37.3 Å². The first-order valence-electron chi connectivity index (χ1n) is 11.1. The smallest absolute Gasteiger partial charge is 0.252 e. The number of nitrogens with zero attached hydrogens (tertiary/aromatic N) is 7. The monoisotopic (exact) mass is 465 g/mol. The van der Waals surface area contributed by atoms with Gasteiger partial charge in [-0.15, -0.1) is 0 Å². The zero-order chi connectivity index (χ0) is 24.0. The number of primary amides is 1. The number of hydrogen-bond donors (Lipinski definition) is 2. The fourth-order valence-electron chi connectivity index (χ4n) is 4.42. The van der Waals surface area contributed by atoms with E-state index in [0.717, 1.165) is 5.56 Å². The summed E-state index contributed by atoms with van der Waals surface area (Å²) in [6, 6.07) is 1.61. The predicted octanol–water partition coefficient (Wildman–Crippen LogP) is 1.22. The molecule has 0 aromatic carbocycles. The van der Waals surface area contributed by atoms with Crippen LogP contribution in [0.1, 0.15) is 30.1 Å². The molecule has 0 radical (unpaired) electrons. The van der Waals surface area contributed by atoms with Gasteiger partial charge in [0.2, 0.25) is 5.91 Å². The molecule has 2 fully saturated rings. The summed E-state index contributed by atoms with van der Waals surface area (Å²) in [5.41, 5.74) is 6.82. The van der Waals surface area contributed by atoms with Gasteiger partial charge in [-0.2, -0.15) is 15.5 Å². The van der Waals surface area contributed by atoms with Gasteiger partial charge < -0.3 is 16.0 Å². The number of nitrogens with two attached hydrogens (primary N) is 1. The highest BCUT2D eigenvalue weighted by Gasteiger charge is 2.54. The van der Waals surface area contributed by atoms with Crippen molar-refractivity contribution >= 4 is 23.1 Å². The lowest BCUT2D eigenvalue weighted by molar-refractivity contribution is -0.134. The van der Waals surface area contributed by atoms with Crippen LogP contribution in [-0.4, -0.2) is 66.9 Å². The first-order valence-corrected chi connectivity index (χ1v) is 11.1. The Morgan fingerprint density at radius 2 is 2.09 bits per heavy atom. The Morgan fingerprint density at radius 1 is 1.29 bits per heavy atom. The number of fused-ring (bicyclic) bond motifs is 1. The Balaban J connectivity index is 1.49. The molecule has 0 spiro atoms. The average Bonchev–Trinajstić information content (AvgIpc) is 3.18. The van der Waals surface area contributed by atoms with Crippen LogP contribution in [0.3, 0.4) is 0 Å². The number of carbonyl (C=O) groups excluding carboxylic acids is 2. The number of nitriles is 1. The molecular formula is C22H24FN9O2. The minimum atomic E-state index is -0.973. The molecule has 1 saturated carbocycles. The number of likely N-dealkylation sites (tertiary alicyclic amines) is 1. The highest BCUT2D eigenvalue weighted by molar-refractivity contribution is 6.01. The van der Waals surface area contributed by atoms with E-state index in [1.165, 1.54) is 15.6 Å². The SMILES string of the molecule is CCn1cc(-c2cn3ncc(C(N)=O)c(N[C@@H]4CN(C(=O)C5(C#N)CC5)C[C@H]4CF)c3n2)cn1. The van der Waals surface area contributed by atoms with Crippen LogP contribution >= 0.6 is 0 Å². The van der Waals surface area contributed by atoms with Gasteiger partial charge in [0.15, 0.2) is 5.65 Å². The molecule has 3 aromatic heterocycles. The van der Waals surface area contributed by atoms with Crippen molar-refractivity contribution in [3.63, 3.8) is 0 Å². The van der Waals surface area contributed by atoms with Crippen molar-refractivity contribution in [1.82, 2.24) is 29.3 Å². The number of aryl methyl sites for hydroxylation is 1. The minimum absolute atomic E-state index is 0.118. The van der Waals surface area contributed by atoms with Crippen LogP contribution < -0.4 is 11.1 Å². The van der Waals surface area contributed by atoms with E-state index in [1.54, 1.807) is 17.1 Å². The van der Waals surface area contributed by atoms with Crippen LogP contribution in [0.15, 0.2) is 24.8 Å². The summed E-state index contributed by atoms with van der Waals surface area (Å²) >= 11 is 0. The normalized spacial score (nSPS) is 20.9. The van der Waals surface area contributed by atoms with Gasteiger partial charge in [-0.05, 0) is 19.8 Å². The maximum Gasteiger partial charge on any atom is 0.252 e. The average molecular weight is 465 g/mol. The van der Waals surface area contributed by atoms with E-state index in [2.05, 4.69) is 26.6 Å². The Kier molecular flexibility index (Phi) is 5.19. The van der Waals surface area contributed by atoms with Crippen molar-refractivity contribution in [1.29, 1.82) is 5.26 Å². The zero-order valence-electron chi connectivity index (χ0n) is 18.6. The van der Waals surface area contributed by atoms with Crippen LogP contribution in [0.25, 0.3) is 16.9 Å². The molecular weight excluding hydrogens is 441 g/mol. The molecule has 0 unspecified atom stereocenters. The van der Waals surface area contributed by atoms with Gasteiger partial charge in [-0.3, -0.25) is 18.7 Å². The molecule has 2 aliphatic rings. The van der Waals surface area contributed by atoms with E-state index in [4.69, 9.17) is 5.73 Å². The third-order valence-electron chi connectivity index (χ3n) is 6.64. The van der Waals surface area contributed by atoms with E-state index in [-0.39, 0.29) is 24.6 Å². The number of carbonyl (C=O) groups is 2. The van der Waals surface area contributed by atoms with Crippen LogP contribution in [0.2, 0.25) is 0 Å². The summed E-state index contributed by atoms with van der Waals surface area (Å²) in [5.74, 6) is -1.47. The molecule has 11 nitrogen and oxygen atoms in total. The lowest BCUT2D eigenvalue weighted by Crippen LogP contribution is -2.36. The first-order chi connectivity index (χ1) is 16.4. The largest absolute Gasteiger partial charge is 0.376 e. The summed E-state index contributed by atoms with van der Waals surface area (Å²) in [7, 11) is 0. The van der Waals surface area contributed by atoms with Crippen molar-refractivity contribution in [3.8, 4) is 17.3 Å². The number of anilines is 1. The van der Waals surface area contributed by atoms with Crippen LogP contribution in [0.5, 0.6) is 0 Å². The molecule has 5 rings (SSSR count). The second-order valence-electron chi connectivity index (χ2n) is 8.85. The molecule has 34 heavy (non-hydrogen) atoms. The van der Waals surface area contributed by atoms with E-state index in [0.29, 0.717) is 36.4 Å². The van der Waals surface area contributed by atoms with Crippen molar-refractivity contribution in [2.24, 2.45) is 17.1 Å². The van der Waals surface area contributed by atoms with Gasteiger partial charge in [0.25, 0.3) is 5.91 Å². The zero-order valence-corrected chi connectivity index (χ0v) is 18.6. The van der Waals surface area contributed by atoms with Gasteiger partial charge in [-0.25, -0.2) is 9.50 Å². The number of imidazole rings is 1. The minimum Gasteiger partial charge on any atom is -0.376 e. The quantitative estimate of drug-likeness (QED) is 0.533. The number of alkyl halides is 1. The van der Waals surface area contributed by atoms with Crippen LogP contribution in [-0.2, 0) is 11.3 Å². The fourth-order valence-corrected chi connectivity index (χ4v) is 4.42. The highest BCUT2D eigenvalue weighted by atomic mass is 19.1. The molecule has 12 heteroatoms. The molecule has 1 aliphatic heterocycles. The molecule has 1 aliphatic carbocycles. The third-order valence-corrected chi connectivity index (χ3v) is 6.64. The molecule has 2 amide bonds. The molecule has 0 bridgehead atoms. The number of nitrogens with one attached hydrogen (secondary N) is 1. The molecule has 1 saturated heterocycles. The number of halogens is 1. The summed E-state index contributed by atoms with van der Waals surface area (Å²) in [5, 5.41) is 21.1. The Hall–Kier alpha value is -4.01. The second kappa shape index (κ2) is 8.09. The standard InChI is InChI=1S/C22H24FN9O2/c1-2-31-9-14(6-26-31)17-11-32-20(29-17)18(15(7-27-32)19(25)33)28-16-10-30(8-13(16)5-23)21(34)22(12-24)3-4-22/h6-7,9,11,13,16,28H,2-5,8,10H2,1H3,(H2,25,33)/t13-,16-/m1/s1. The third kappa shape index (κ3) is 3.53.